The smallest absolute Gasteiger partial charge is 0.128 e. The molecule has 4 nitrogen and oxygen atoms in total. The highest BCUT2D eigenvalue weighted by Gasteiger charge is 2.06. The molecule has 16 heavy (non-hydrogen) atoms. The van der Waals surface area contributed by atoms with Gasteiger partial charge in [-0.05, 0) is 46.7 Å². The average molecular weight is 297 g/mol. The van der Waals surface area contributed by atoms with Crippen LogP contribution in [0.15, 0.2) is 38.9 Å². The molecule has 0 spiro atoms. The van der Waals surface area contributed by atoms with E-state index in [0.29, 0.717) is 11.6 Å². The number of aryl methyl sites for hydroxylation is 1. The van der Waals surface area contributed by atoms with Crippen LogP contribution in [-0.2, 0) is 0 Å². The minimum atomic E-state index is 0.474. The predicted molar refractivity (Wildman–Crippen MR) is 67.2 cm³/mol. The highest BCUT2D eigenvalue weighted by atomic mass is 79.9. The molecule has 0 saturated carbocycles. The molecule has 0 aliphatic carbocycles. The standard InChI is InChI=1S/C10H9BrN4S/c1-6-14-8(12)5-9(15-6)16-10-7(11)3-2-4-13-10/h2-5H,1H3,(H2,12,14,15). The monoisotopic (exact) mass is 296 g/mol. The lowest BCUT2D eigenvalue weighted by molar-refractivity contribution is 0.970. The number of nitrogen functional groups attached to an aromatic ring is 1. The second-order valence-corrected chi connectivity index (χ2v) is 4.93. The van der Waals surface area contributed by atoms with Crippen LogP contribution in [0.25, 0.3) is 0 Å². The topological polar surface area (TPSA) is 64.7 Å². The van der Waals surface area contributed by atoms with Gasteiger partial charge in [0.05, 0.1) is 4.47 Å². The Morgan fingerprint density at radius 3 is 2.88 bits per heavy atom. The maximum absolute atomic E-state index is 5.65. The highest BCUT2D eigenvalue weighted by molar-refractivity contribution is 9.10. The van der Waals surface area contributed by atoms with Crippen LogP contribution in [0.5, 0.6) is 0 Å². The van der Waals surface area contributed by atoms with Crippen LogP contribution < -0.4 is 5.73 Å². The Morgan fingerprint density at radius 2 is 2.19 bits per heavy atom. The first-order valence-electron chi connectivity index (χ1n) is 4.54. The molecule has 0 amide bonds. The lowest BCUT2D eigenvalue weighted by Crippen LogP contribution is -1.96. The third-order valence-corrected chi connectivity index (χ3v) is 3.60. The minimum Gasteiger partial charge on any atom is -0.384 e. The summed E-state index contributed by atoms with van der Waals surface area (Å²) in [5.41, 5.74) is 5.65. The number of aromatic nitrogens is 3. The summed E-state index contributed by atoms with van der Waals surface area (Å²) in [6, 6.07) is 5.54. The number of halogens is 1. The van der Waals surface area contributed by atoms with E-state index in [0.717, 1.165) is 14.5 Å². The van der Waals surface area contributed by atoms with Crippen molar-refractivity contribution < 1.29 is 0 Å². The quantitative estimate of drug-likeness (QED) is 0.863. The third-order valence-electron chi connectivity index (χ3n) is 1.76. The lowest BCUT2D eigenvalue weighted by Gasteiger charge is -2.03. The second kappa shape index (κ2) is 4.80. The molecule has 82 valence electrons. The van der Waals surface area contributed by atoms with Crippen LogP contribution in [0, 0.1) is 6.92 Å². The zero-order valence-electron chi connectivity index (χ0n) is 8.51. The summed E-state index contributed by atoms with van der Waals surface area (Å²) in [6.45, 7) is 1.81. The second-order valence-electron chi connectivity index (χ2n) is 3.07. The largest absolute Gasteiger partial charge is 0.384 e. The first-order valence-corrected chi connectivity index (χ1v) is 6.15. The summed E-state index contributed by atoms with van der Waals surface area (Å²) in [6.07, 6.45) is 1.74. The lowest BCUT2D eigenvalue weighted by atomic mass is 10.5. The normalized spacial score (nSPS) is 10.4. The van der Waals surface area contributed by atoms with Gasteiger partial charge in [-0.2, -0.15) is 0 Å². The number of anilines is 1. The van der Waals surface area contributed by atoms with Crippen molar-refractivity contribution in [2.75, 3.05) is 5.73 Å². The number of hydrogen-bond acceptors (Lipinski definition) is 5. The molecule has 0 fully saturated rings. The molecular formula is C10H9BrN4S. The van der Waals surface area contributed by atoms with Crippen LogP contribution in [0.1, 0.15) is 5.82 Å². The maximum atomic E-state index is 5.65. The van der Waals surface area contributed by atoms with E-state index in [1.165, 1.54) is 11.8 Å². The van der Waals surface area contributed by atoms with Gasteiger partial charge in [-0.15, -0.1) is 0 Å². The summed E-state index contributed by atoms with van der Waals surface area (Å²) in [5.74, 6) is 1.14. The molecule has 0 bridgehead atoms. The van der Waals surface area contributed by atoms with Crippen molar-refractivity contribution in [3.63, 3.8) is 0 Å². The van der Waals surface area contributed by atoms with Gasteiger partial charge in [-0.1, -0.05) is 0 Å². The summed E-state index contributed by atoms with van der Waals surface area (Å²) in [7, 11) is 0. The summed E-state index contributed by atoms with van der Waals surface area (Å²) >= 11 is 4.89. The summed E-state index contributed by atoms with van der Waals surface area (Å²) in [5, 5.41) is 1.66. The van der Waals surface area contributed by atoms with Gasteiger partial charge in [-0.25, -0.2) is 15.0 Å². The van der Waals surface area contributed by atoms with Gasteiger partial charge >= 0.3 is 0 Å². The number of hydrogen-bond donors (Lipinski definition) is 1. The van der Waals surface area contributed by atoms with Gasteiger partial charge in [0.25, 0.3) is 0 Å². The van der Waals surface area contributed by atoms with Crippen molar-refractivity contribution in [2.45, 2.75) is 17.0 Å². The molecule has 2 rings (SSSR count). The molecule has 0 saturated heterocycles. The fourth-order valence-electron chi connectivity index (χ4n) is 1.16. The highest BCUT2D eigenvalue weighted by Crippen LogP contribution is 2.30. The molecule has 0 aromatic carbocycles. The fraction of sp³-hybridized carbons (Fsp3) is 0.100. The molecule has 0 aliphatic heterocycles. The fourth-order valence-corrected chi connectivity index (χ4v) is 2.49. The van der Waals surface area contributed by atoms with E-state index >= 15 is 0 Å². The maximum Gasteiger partial charge on any atom is 0.128 e. The molecule has 2 aromatic heterocycles. The SMILES string of the molecule is Cc1nc(N)cc(Sc2ncccc2Br)n1. The van der Waals surface area contributed by atoms with Gasteiger partial charge in [0.2, 0.25) is 0 Å². The average Bonchev–Trinajstić information content (AvgIpc) is 2.20. The predicted octanol–water partition coefficient (Wildman–Crippen LogP) is 2.68. The van der Waals surface area contributed by atoms with Crippen LogP contribution in [0.2, 0.25) is 0 Å². The Hall–Kier alpha value is -1.14. The van der Waals surface area contributed by atoms with E-state index in [1.807, 2.05) is 19.1 Å². The molecular weight excluding hydrogens is 288 g/mol. The van der Waals surface area contributed by atoms with Crippen molar-refractivity contribution in [3.05, 3.63) is 34.7 Å². The van der Waals surface area contributed by atoms with Crippen molar-refractivity contribution in [3.8, 4) is 0 Å². The van der Waals surface area contributed by atoms with E-state index in [9.17, 15) is 0 Å². The number of pyridine rings is 1. The molecule has 6 heteroatoms. The molecule has 2 heterocycles. The molecule has 2 N–H and O–H groups in total. The molecule has 0 atom stereocenters. The Labute approximate surface area is 106 Å². The zero-order chi connectivity index (χ0) is 11.5. The summed E-state index contributed by atoms with van der Waals surface area (Å²) in [4.78, 5) is 12.5. The van der Waals surface area contributed by atoms with Gasteiger partial charge in [-0.3, -0.25) is 0 Å². The minimum absolute atomic E-state index is 0.474. The zero-order valence-corrected chi connectivity index (χ0v) is 10.9. The van der Waals surface area contributed by atoms with Crippen molar-refractivity contribution >= 4 is 33.5 Å². The van der Waals surface area contributed by atoms with Crippen LogP contribution in [0.3, 0.4) is 0 Å². The molecule has 0 radical (unpaired) electrons. The first-order chi connectivity index (χ1) is 7.65. The molecule has 2 aromatic rings. The third kappa shape index (κ3) is 2.70. The van der Waals surface area contributed by atoms with Gasteiger partial charge in [0.15, 0.2) is 0 Å². The van der Waals surface area contributed by atoms with E-state index in [-0.39, 0.29) is 0 Å². The van der Waals surface area contributed by atoms with Gasteiger partial charge in [0, 0.05) is 12.3 Å². The first kappa shape index (κ1) is 11.3. The van der Waals surface area contributed by atoms with Crippen molar-refractivity contribution in [1.82, 2.24) is 15.0 Å². The number of nitrogens with two attached hydrogens (primary N) is 1. The Morgan fingerprint density at radius 1 is 1.38 bits per heavy atom. The van der Waals surface area contributed by atoms with E-state index in [4.69, 9.17) is 5.73 Å². The van der Waals surface area contributed by atoms with Gasteiger partial charge in [0.1, 0.15) is 21.7 Å². The van der Waals surface area contributed by atoms with E-state index < -0.39 is 0 Å². The Kier molecular flexibility index (Phi) is 3.40. The van der Waals surface area contributed by atoms with E-state index in [1.54, 1.807) is 12.3 Å². The van der Waals surface area contributed by atoms with Crippen molar-refractivity contribution in [1.29, 1.82) is 0 Å². The summed E-state index contributed by atoms with van der Waals surface area (Å²) < 4.78 is 0.940. The Bertz CT molecular complexity index is 498. The Balaban J connectivity index is 2.30. The molecule has 0 unspecified atom stereocenters. The van der Waals surface area contributed by atoms with Crippen LogP contribution >= 0.6 is 27.7 Å². The van der Waals surface area contributed by atoms with E-state index in [2.05, 4.69) is 30.9 Å². The van der Waals surface area contributed by atoms with Crippen LogP contribution in [0.4, 0.5) is 5.82 Å². The van der Waals surface area contributed by atoms with Gasteiger partial charge < -0.3 is 5.73 Å². The van der Waals surface area contributed by atoms with Crippen molar-refractivity contribution in [2.24, 2.45) is 0 Å². The molecule has 0 aliphatic rings. The number of nitrogens with zero attached hydrogens (tertiary/aromatic N) is 3. The van der Waals surface area contributed by atoms with Crippen LogP contribution in [-0.4, -0.2) is 15.0 Å². The number of rotatable bonds is 2.